The number of furan rings is 2. The van der Waals surface area contributed by atoms with E-state index in [0.29, 0.717) is 6.54 Å². The van der Waals surface area contributed by atoms with Gasteiger partial charge in [-0.1, -0.05) is 140 Å². The van der Waals surface area contributed by atoms with Crippen molar-refractivity contribution in [2.45, 2.75) is 0 Å². The van der Waals surface area contributed by atoms with Crippen molar-refractivity contribution in [1.29, 1.82) is 0 Å². The SMILES string of the molecule is C1=[N+](c2ccccc2)c2cc3c(cc2N(c2ccccc2)C1)-c1ncccc1-c1cc(-c2cccc4c2oc2ccccc24)ccc1-c1ccc(-c2cccc4c2oc2ccccc24)cc1-3. The van der Waals surface area contributed by atoms with E-state index in [-0.39, 0.29) is 0 Å². The van der Waals surface area contributed by atoms with Gasteiger partial charge in [0.1, 0.15) is 34.6 Å². The molecule has 0 spiro atoms. The van der Waals surface area contributed by atoms with E-state index in [9.17, 15) is 0 Å². The number of hydrogen-bond acceptors (Lipinski definition) is 4. The summed E-state index contributed by atoms with van der Waals surface area (Å²) in [6, 6.07) is 73.8. The molecule has 0 atom stereocenters. The predicted octanol–water partition coefficient (Wildman–Crippen LogP) is 16.3. The highest BCUT2D eigenvalue weighted by atomic mass is 16.3. The summed E-state index contributed by atoms with van der Waals surface area (Å²) in [5.41, 5.74) is 20.9. The molecule has 3 aromatic heterocycles. The Morgan fingerprint density at radius 3 is 1.61 bits per heavy atom. The Hall–Kier alpha value is -8.80. The molecule has 5 nitrogen and oxygen atoms in total. The standard InChI is InChI=1S/C61H38N3O2/c1-3-14-40(15-4-1)63-32-33-64(41-16-5-2-6-17-41)56-37-54-53(36-55(56)63)52-35-39(43-21-12-23-50-47-19-8-10-26-58(47)66-61(43)50)28-30-45(52)44-29-27-38(34-51(44)48-24-13-31-62-59(48)54)42-20-11-22-49-46-18-7-9-25-57(46)65-60(42)49/h1-32,34-37H,33H2/q+1. The minimum Gasteiger partial charge on any atom is -0.455 e. The molecule has 0 unspecified atom stereocenters. The van der Waals surface area contributed by atoms with E-state index in [1.54, 1.807) is 0 Å². The van der Waals surface area contributed by atoms with Crippen molar-refractivity contribution in [3.63, 3.8) is 0 Å². The van der Waals surface area contributed by atoms with Gasteiger partial charge >= 0.3 is 0 Å². The summed E-state index contributed by atoms with van der Waals surface area (Å²) >= 11 is 0. The topological polar surface area (TPSA) is 45.4 Å². The Kier molecular flexibility index (Phi) is 7.98. The van der Waals surface area contributed by atoms with Gasteiger partial charge in [0.2, 0.25) is 11.4 Å². The van der Waals surface area contributed by atoms with Gasteiger partial charge in [0.15, 0.2) is 6.21 Å². The number of anilines is 2. The first kappa shape index (κ1) is 36.7. The van der Waals surface area contributed by atoms with E-state index in [0.717, 1.165) is 134 Å². The van der Waals surface area contributed by atoms with Crippen molar-refractivity contribution < 1.29 is 8.83 Å². The molecule has 0 radical (unpaired) electrons. The van der Waals surface area contributed by atoms with Gasteiger partial charge in [-0.25, -0.2) is 0 Å². The van der Waals surface area contributed by atoms with E-state index >= 15 is 0 Å². The summed E-state index contributed by atoms with van der Waals surface area (Å²) in [5, 5.41) is 4.45. The van der Waals surface area contributed by atoms with Crippen molar-refractivity contribution in [3.8, 4) is 66.9 Å². The molecule has 0 saturated heterocycles. The second-order valence-electron chi connectivity index (χ2n) is 17.2. The van der Waals surface area contributed by atoms with Crippen LogP contribution in [0.25, 0.3) is 111 Å². The number of benzene rings is 9. The van der Waals surface area contributed by atoms with Crippen LogP contribution >= 0.6 is 0 Å². The third-order valence-corrected chi connectivity index (χ3v) is 13.6. The third-order valence-electron chi connectivity index (χ3n) is 13.6. The Balaban J connectivity index is 1.07. The van der Waals surface area contributed by atoms with Gasteiger partial charge in [-0.05, 0) is 87.5 Å². The number of fused-ring (bicyclic) bond motifs is 15. The molecule has 5 heteroatoms. The van der Waals surface area contributed by atoms with Crippen LogP contribution in [-0.2, 0) is 0 Å². The first-order chi connectivity index (χ1) is 32.7. The number of nitrogens with zero attached hydrogens (tertiary/aromatic N) is 3. The summed E-state index contributed by atoms with van der Waals surface area (Å²) < 4.78 is 15.6. The summed E-state index contributed by atoms with van der Waals surface area (Å²) in [6.07, 6.45) is 4.23. The molecule has 0 N–H and O–H groups in total. The molecule has 1 aliphatic carbocycles. The number of hydrogen-bond donors (Lipinski definition) is 0. The van der Waals surface area contributed by atoms with Crippen LogP contribution < -0.4 is 9.48 Å². The number of pyridine rings is 1. The normalized spacial score (nSPS) is 12.8. The van der Waals surface area contributed by atoms with Gasteiger partial charge in [-0.3, -0.25) is 4.98 Å². The Bertz CT molecular complexity index is 3970. The van der Waals surface area contributed by atoms with Gasteiger partial charge in [0.05, 0.1) is 5.69 Å². The summed E-state index contributed by atoms with van der Waals surface area (Å²) in [6.45, 7) is 0.696. The van der Waals surface area contributed by atoms with Gasteiger partial charge in [0, 0.05) is 73.9 Å². The lowest BCUT2D eigenvalue weighted by atomic mass is 9.80. The van der Waals surface area contributed by atoms with Gasteiger partial charge in [-0.15, -0.1) is 0 Å². The average molecular weight is 845 g/mol. The Morgan fingerprint density at radius 1 is 0.409 bits per heavy atom. The lowest BCUT2D eigenvalue weighted by Gasteiger charge is -2.30. The fourth-order valence-corrected chi connectivity index (χ4v) is 10.6. The molecule has 66 heavy (non-hydrogen) atoms. The van der Waals surface area contributed by atoms with Crippen molar-refractivity contribution in [2.75, 3.05) is 11.4 Å². The van der Waals surface area contributed by atoms with Gasteiger partial charge in [0.25, 0.3) is 0 Å². The van der Waals surface area contributed by atoms with Crippen molar-refractivity contribution in [2.24, 2.45) is 0 Å². The first-order valence-electron chi connectivity index (χ1n) is 22.5. The maximum atomic E-state index is 6.66. The average Bonchev–Trinajstić information content (AvgIpc) is 3.97. The minimum absolute atomic E-state index is 0.696. The van der Waals surface area contributed by atoms with Crippen LogP contribution in [0.3, 0.4) is 0 Å². The zero-order valence-electron chi connectivity index (χ0n) is 35.6. The van der Waals surface area contributed by atoms with E-state index in [2.05, 4.69) is 204 Å². The molecule has 2 aliphatic rings. The molecule has 0 saturated carbocycles. The molecule has 14 rings (SSSR count). The van der Waals surface area contributed by atoms with Crippen molar-refractivity contribution >= 4 is 72.8 Å². The van der Waals surface area contributed by atoms with E-state index in [1.165, 1.54) is 0 Å². The first-order valence-corrected chi connectivity index (χ1v) is 22.5. The maximum absolute atomic E-state index is 6.66. The van der Waals surface area contributed by atoms with E-state index < -0.39 is 0 Å². The molecule has 12 aromatic rings. The smallest absolute Gasteiger partial charge is 0.235 e. The maximum Gasteiger partial charge on any atom is 0.235 e. The summed E-state index contributed by atoms with van der Waals surface area (Å²) in [5.74, 6) is 0. The fraction of sp³-hybridized carbons (Fsp3) is 0.0164. The van der Waals surface area contributed by atoms with Crippen LogP contribution in [0, 0.1) is 0 Å². The van der Waals surface area contributed by atoms with E-state index in [1.807, 2.05) is 24.4 Å². The highest BCUT2D eigenvalue weighted by molar-refractivity contribution is 6.13. The zero-order valence-corrected chi connectivity index (χ0v) is 35.6. The van der Waals surface area contributed by atoms with Crippen LogP contribution in [-0.4, -0.2) is 17.7 Å². The lowest BCUT2D eigenvalue weighted by molar-refractivity contribution is 0.669. The molecular formula is C61H38N3O2+. The molecule has 308 valence electrons. The van der Waals surface area contributed by atoms with Crippen molar-refractivity contribution in [1.82, 2.24) is 9.56 Å². The zero-order chi connectivity index (χ0) is 43.3. The fourth-order valence-electron chi connectivity index (χ4n) is 10.6. The van der Waals surface area contributed by atoms with Gasteiger partial charge < -0.3 is 13.7 Å². The predicted molar refractivity (Wildman–Crippen MR) is 272 cm³/mol. The summed E-state index contributed by atoms with van der Waals surface area (Å²) in [4.78, 5) is 7.72. The highest BCUT2D eigenvalue weighted by Crippen LogP contribution is 2.53. The molecule has 0 fully saturated rings. The molecular weight excluding hydrogens is 807 g/mol. The van der Waals surface area contributed by atoms with Crippen LogP contribution in [0.4, 0.5) is 22.7 Å². The third kappa shape index (κ3) is 5.53. The quantitative estimate of drug-likeness (QED) is 0.166. The second kappa shape index (κ2) is 14.4. The molecule has 0 amide bonds. The Labute approximate surface area is 380 Å². The van der Waals surface area contributed by atoms with Gasteiger partial charge in [-0.2, -0.15) is 4.58 Å². The van der Waals surface area contributed by atoms with Crippen molar-refractivity contribution in [3.05, 3.63) is 212 Å². The highest BCUT2D eigenvalue weighted by Gasteiger charge is 2.33. The molecule has 4 heterocycles. The largest absolute Gasteiger partial charge is 0.455 e. The second-order valence-corrected chi connectivity index (χ2v) is 17.2. The summed E-state index contributed by atoms with van der Waals surface area (Å²) in [7, 11) is 0. The minimum atomic E-state index is 0.696. The van der Waals surface area contributed by atoms with Crippen LogP contribution in [0.15, 0.2) is 221 Å². The molecule has 0 bridgehead atoms. The molecule has 9 aromatic carbocycles. The van der Waals surface area contributed by atoms with E-state index in [4.69, 9.17) is 13.8 Å². The van der Waals surface area contributed by atoms with Crippen LogP contribution in [0.5, 0.6) is 0 Å². The van der Waals surface area contributed by atoms with Crippen LogP contribution in [0.2, 0.25) is 0 Å². The number of rotatable bonds is 4. The number of aromatic nitrogens is 1. The Morgan fingerprint density at radius 2 is 0.955 bits per heavy atom. The lowest BCUT2D eigenvalue weighted by Crippen LogP contribution is -2.29. The van der Waals surface area contributed by atoms with Crippen LogP contribution in [0.1, 0.15) is 0 Å². The monoisotopic (exact) mass is 844 g/mol. The number of para-hydroxylation sites is 6. The molecule has 1 aliphatic heterocycles.